The van der Waals surface area contributed by atoms with Crippen molar-refractivity contribution in [3.8, 4) is 33.8 Å². The average molecular weight is 709 g/mol. The molecule has 2 aliphatic heterocycles. The molecule has 11 rings (SSSR count). The molecule has 0 amide bonds. The number of hydrogen-bond acceptors (Lipinski definition) is 3. The van der Waals surface area contributed by atoms with Gasteiger partial charge in [-0.15, -0.1) is 0 Å². The highest BCUT2D eigenvalue weighted by molar-refractivity contribution is 6.07. The summed E-state index contributed by atoms with van der Waals surface area (Å²) in [6, 6.07) is 62.0. The first kappa shape index (κ1) is 31.9. The lowest BCUT2D eigenvalue weighted by atomic mass is 9.72. The number of benzene rings is 8. The number of ether oxygens (including phenoxy) is 1. The van der Waals surface area contributed by atoms with Gasteiger partial charge >= 0.3 is 0 Å². The topological polar surface area (TPSA) is 15.7 Å². The van der Waals surface area contributed by atoms with Crippen LogP contribution in [-0.4, -0.2) is 0 Å². The van der Waals surface area contributed by atoms with Gasteiger partial charge in [-0.05, 0) is 92.9 Å². The van der Waals surface area contributed by atoms with Crippen LogP contribution in [0.5, 0.6) is 11.5 Å². The molecule has 8 aromatic rings. The molecule has 3 aliphatic rings. The first-order chi connectivity index (χ1) is 26.8. The van der Waals surface area contributed by atoms with Crippen LogP contribution >= 0.6 is 0 Å². The van der Waals surface area contributed by atoms with E-state index < -0.39 is 0 Å². The van der Waals surface area contributed by atoms with Gasteiger partial charge in [0.2, 0.25) is 0 Å². The molecule has 0 fully saturated rings. The lowest BCUT2D eigenvalue weighted by molar-refractivity contribution is 0.472. The van der Waals surface area contributed by atoms with Gasteiger partial charge in [0.05, 0.1) is 22.7 Å². The zero-order valence-electron chi connectivity index (χ0n) is 31.5. The SMILES string of the molecule is CC1(C)c2ccccc2-c2ccc(N(c3ccc(-c4ccccc4)cc3)c3ccc4c5c3C(C)(C)c3ccccc3N5c3c(ccc5ccccc35)O4)cc21. The molecule has 3 nitrogen and oxygen atoms in total. The van der Waals surface area contributed by atoms with Crippen molar-refractivity contribution in [1.82, 2.24) is 0 Å². The maximum Gasteiger partial charge on any atom is 0.152 e. The molecule has 0 saturated carbocycles. The largest absolute Gasteiger partial charge is 0.453 e. The molecule has 0 radical (unpaired) electrons. The van der Waals surface area contributed by atoms with Crippen LogP contribution in [0.25, 0.3) is 33.0 Å². The summed E-state index contributed by atoms with van der Waals surface area (Å²) in [5, 5.41) is 2.36. The highest BCUT2D eigenvalue weighted by Gasteiger charge is 2.45. The van der Waals surface area contributed by atoms with Gasteiger partial charge in [-0.1, -0.05) is 149 Å². The average Bonchev–Trinajstić information content (AvgIpc) is 3.45. The molecule has 0 N–H and O–H groups in total. The number of anilines is 6. The van der Waals surface area contributed by atoms with Crippen molar-refractivity contribution in [3.63, 3.8) is 0 Å². The van der Waals surface area contributed by atoms with Crippen molar-refractivity contribution in [3.05, 3.63) is 192 Å². The van der Waals surface area contributed by atoms with E-state index in [1.807, 2.05) is 0 Å². The summed E-state index contributed by atoms with van der Waals surface area (Å²) in [5.74, 6) is 1.74. The predicted molar refractivity (Wildman–Crippen MR) is 229 cm³/mol. The van der Waals surface area contributed by atoms with Crippen LogP contribution in [0, 0.1) is 0 Å². The first-order valence-corrected chi connectivity index (χ1v) is 19.3. The number of nitrogens with zero attached hydrogens (tertiary/aromatic N) is 2. The van der Waals surface area contributed by atoms with Gasteiger partial charge in [0.15, 0.2) is 11.5 Å². The summed E-state index contributed by atoms with van der Waals surface area (Å²) in [6.45, 7) is 9.47. The molecule has 0 bridgehead atoms. The molecule has 1 aliphatic carbocycles. The first-order valence-electron chi connectivity index (χ1n) is 19.3. The minimum Gasteiger partial charge on any atom is -0.453 e. The van der Waals surface area contributed by atoms with Crippen LogP contribution in [-0.2, 0) is 10.8 Å². The Morgan fingerprint density at radius 1 is 0.473 bits per heavy atom. The van der Waals surface area contributed by atoms with Gasteiger partial charge in [0.1, 0.15) is 0 Å². The summed E-state index contributed by atoms with van der Waals surface area (Å²) in [7, 11) is 0. The van der Waals surface area contributed by atoms with Crippen molar-refractivity contribution in [2.45, 2.75) is 38.5 Å². The second-order valence-corrected chi connectivity index (χ2v) is 16.2. The molecular weight excluding hydrogens is 669 g/mol. The summed E-state index contributed by atoms with van der Waals surface area (Å²) in [4.78, 5) is 4.96. The molecule has 0 atom stereocenters. The van der Waals surface area contributed by atoms with Crippen LogP contribution in [0.4, 0.5) is 34.1 Å². The Hall–Kier alpha value is -6.58. The second-order valence-electron chi connectivity index (χ2n) is 16.2. The van der Waals surface area contributed by atoms with Gasteiger partial charge in [-0.3, -0.25) is 0 Å². The van der Waals surface area contributed by atoms with Gasteiger partial charge in [0, 0.05) is 33.2 Å². The number of rotatable bonds is 4. The fourth-order valence-corrected chi connectivity index (χ4v) is 9.71. The van der Waals surface area contributed by atoms with Crippen molar-refractivity contribution in [1.29, 1.82) is 0 Å². The van der Waals surface area contributed by atoms with E-state index >= 15 is 0 Å². The summed E-state index contributed by atoms with van der Waals surface area (Å²) < 4.78 is 6.92. The van der Waals surface area contributed by atoms with E-state index in [1.165, 1.54) is 61.0 Å². The quantitative estimate of drug-likeness (QED) is 0.181. The second kappa shape index (κ2) is 11.5. The van der Waals surface area contributed by atoms with E-state index in [0.29, 0.717) is 0 Å². The van der Waals surface area contributed by atoms with Crippen molar-refractivity contribution >= 4 is 44.9 Å². The van der Waals surface area contributed by atoms with Crippen LogP contribution in [0.3, 0.4) is 0 Å². The molecule has 8 aromatic carbocycles. The number of para-hydroxylation sites is 1. The fourth-order valence-electron chi connectivity index (χ4n) is 9.71. The molecule has 0 spiro atoms. The Morgan fingerprint density at radius 2 is 1.11 bits per heavy atom. The van der Waals surface area contributed by atoms with E-state index in [9.17, 15) is 0 Å². The Balaban J connectivity index is 1.18. The van der Waals surface area contributed by atoms with Crippen LogP contribution in [0.15, 0.2) is 170 Å². The Labute approximate surface area is 322 Å². The summed E-state index contributed by atoms with van der Waals surface area (Å²) in [6.07, 6.45) is 0. The van der Waals surface area contributed by atoms with Crippen molar-refractivity contribution < 1.29 is 4.74 Å². The van der Waals surface area contributed by atoms with Gasteiger partial charge in [-0.2, -0.15) is 0 Å². The molecular formula is C52H40N2O. The van der Waals surface area contributed by atoms with Gasteiger partial charge < -0.3 is 14.5 Å². The van der Waals surface area contributed by atoms with E-state index in [1.54, 1.807) is 0 Å². The van der Waals surface area contributed by atoms with E-state index in [-0.39, 0.29) is 10.8 Å². The molecule has 0 aromatic heterocycles. The van der Waals surface area contributed by atoms with E-state index in [2.05, 4.69) is 207 Å². The van der Waals surface area contributed by atoms with E-state index in [4.69, 9.17) is 4.74 Å². The monoisotopic (exact) mass is 708 g/mol. The van der Waals surface area contributed by atoms with Gasteiger partial charge in [-0.25, -0.2) is 0 Å². The molecule has 3 heteroatoms. The van der Waals surface area contributed by atoms with Crippen LogP contribution in [0.1, 0.15) is 49.9 Å². The third-order valence-corrected chi connectivity index (χ3v) is 12.4. The third kappa shape index (κ3) is 4.50. The normalized spacial score (nSPS) is 14.9. The maximum atomic E-state index is 6.92. The number of hydrogen-bond donors (Lipinski definition) is 0. The smallest absolute Gasteiger partial charge is 0.152 e. The number of fused-ring (bicyclic) bond motifs is 9. The summed E-state index contributed by atoms with van der Waals surface area (Å²) >= 11 is 0. The van der Waals surface area contributed by atoms with Crippen molar-refractivity contribution in [2.75, 3.05) is 9.80 Å². The van der Waals surface area contributed by atoms with E-state index in [0.717, 1.165) is 39.9 Å². The van der Waals surface area contributed by atoms with Crippen LogP contribution in [0.2, 0.25) is 0 Å². The molecule has 0 unspecified atom stereocenters. The van der Waals surface area contributed by atoms with Gasteiger partial charge in [0.25, 0.3) is 0 Å². The molecule has 55 heavy (non-hydrogen) atoms. The zero-order chi connectivity index (χ0) is 37.1. The third-order valence-electron chi connectivity index (χ3n) is 12.4. The predicted octanol–water partition coefficient (Wildman–Crippen LogP) is 14.5. The molecule has 0 saturated heterocycles. The molecule has 2 heterocycles. The molecule has 264 valence electrons. The summed E-state index contributed by atoms with van der Waals surface area (Å²) in [5.41, 5.74) is 16.5. The van der Waals surface area contributed by atoms with Crippen LogP contribution < -0.4 is 14.5 Å². The minimum atomic E-state index is -0.367. The zero-order valence-corrected chi connectivity index (χ0v) is 31.5. The van der Waals surface area contributed by atoms with Crippen molar-refractivity contribution in [2.24, 2.45) is 0 Å². The maximum absolute atomic E-state index is 6.92. The lowest BCUT2D eigenvalue weighted by Gasteiger charge is -2.47. The lowest BCUT2D eigenvalue weighted by Crippen LogP contribution is -2.34. The minimum absolute atomic E-state index is 0.136. The highest BCUT2D eigenvalue weighted by atomic mass is 16.5. The highest BCUT2D eigenvalue weighted by Crippen LogP contribution is 2.64. The Bertz CT molecular complexity index is 2850. The Morgan fingerprint density at radius 3 is 1.95 bits per heavy atom. The fraction of sp³-hybridized carbons (Fsp3) is 0.115. The standard InChI is InChI=1S/C52H40N2O/c1-51(2)41-19-11-10-18-39(41)40-28-27-37(32-43(40)51)53(36-25-22-34(23-26-36)33-14-6-5-7-15-33)45-29-31-47-50-48(45)52(3,4)42-20-12-13-21-44(42)54(50)49-38-17-9-8-16-35(38)24-30-46(49)55-47/h5-32H,1-4H3. The Kier molecular flexibility index (Phi) is 6.65.